The third-order valence-electron chi connectivity index (χ3n) is 8.87. The van der Waals surface area contributed by atoms with Crippen molar-refractivity contribution in [1.29, 1.82) is 0 Å². The van der Waals surface area contributed by atoms with Crippen LogP contribution in [0.4, 0.5) is 0 Å². The smallest absolute Gasteiger partial charge is 1.00 e. The van der Waals surface area contributed by atoms with Gasteiger partial charge in [0.2, 0.25) is 0 Å². The number of rotatable bonds is 6. The number of benzene rings is 3. The molecule has 0 heterocycles. The summed E-state index contributed by atoms with van der Waals surface area (Å²) in [6.07, 6.45) is 0. The quantitative estimate of drug-likeness (QED) is 0.133. The van der Waals surface area contributed by atoms with E-state index in [0.717, 1.165) is 0 Å². The molecule has 0 atom stereocenters. The Labute approximate surface area is 291 Å². The van der Waals surface area contributed by atoms with Gasteiger partial charge in [-0.25, -0.2) is 0 Å². The Balaban J connectivity index is 0.00000420. The maximum atomic E-state index is 2.58. The van der Waals surface area contributed by atoms with Gasteiger partial charge >= 0.3 is 21.7 Å². The summed E-state index contributed by atoms with van der Waals surface area (Å²) in [6, 6.07) is 22.3. The third kappa shape index (κ3) is 7.36. The first-order valence-corrected chi connectivity index (χ1v) is 16.3. The van der Waals surface area contributed by atoms with Gasteiger partial charge in [-0.1, -0.05) is 148 Å². The molecule has 0 radical (unpaired) electrons. The Morgan fingerprint density at radius 2 is 0.738 bits per heavy atom. The van der Waals surface area contributed by atoms with Crippen LogP contribution >= 0.6 is 0 Å². The van der Waals surface area contributed by atoms with Gasteiger partial charge in [0.05, 0.1) is 0 Å². The molecule has 0 bridgehead atoms. The van der Waals surface area contributed by atoms with E-state index in [1.165, 1.54) is 71.2 Å². The number of hydrogen-bond donors (Lipinski definition) is 0. The van der Waals surface area contributed by atoms with Gasteiger partial charge in [-0.2, -0.15) is 22.3 Å². The molecular weight excluding hydrogens is 627 g/mol. The van der Waals surface area contributed by atoms with Crippen LogP contribution in [0.3, 0.4) is 0 Å². The SMILES string of the molecule is Cc1cc(C)cc([Si](c2cc(C)cc(C)c2)(c2cc(C(C)C)cc(C(C)C)c2)[c-]2c(C)c(C)c(C)c2C)c1.[Cl-].[Cl-].[Cl-].[Ti+4]. The predicted octanol–water partition coefficient (Wildman–Crippen LogP) is -1.49. The Morgan fingerprint density at radius 1 is 0.452 bits per heavy atom. The van der Waals surface area contributed by atoms with E-state index in [4.69, 9.17) is 0 Å². The molecule has 224 valence electrons. The van der Waals surface area contributed by atoms with Crippen LogP contribution < -0.4 is 58.0 Å². The van der Waals surface area contributed by atoms with Crippen LogP contribution in [-0.2, 0) is 21.7 Å². The fourth-order valence-corrected chi connectivity index (χ4v) is 12.6. The van der Waals surface area contributed by atoms with Crippen LogP contribution in [0.1, 0.15) is 95.2 Å². The molecule has 4 aromatic carbocycles. The van der Waals surface area contributed by atoms with Gasteiger partial charge in [0.1, 0.15) is 8.07 Å². The fraction of sp³-hybridized carbons (Fsp3) is 0.378. The third-order valence-corrected chi connectivity index (χ3v) is 13.8. The molecule has 0 fully saturated rings. The standard InChI is InChI=1S/C37H47Si.3ClH.Ti/c1-22(2)32-19-33(23(3)4)21-36(20-32)38(34-15-24(5)13-25(6)16-34,35-17-26(7)14-27(8)18-35)37-30(11)28(9)29(10)31(37)12;;;;/h13-23H,1-12H3;3*1H;/q-1;;;;+4/p-3. The summed E-state index contributed by atoms with van der Waals surface area (Å²) in [4.78, 5) is 0. The Morgan fingerprint density at radius 3 is 1.02 bits per heavy atom. The first-order valence-electron chi connectivity index (χ1n) is 14.3. The largest absolute Gasteiger partial charge is 4.00 e. The molecule has 0 aromatic heterocycles. The molecule has 0 saturated heterocycles. The second-order valence-corrected chi connectivity index (χ2v) is 16.3. The number of aryl methyl sites for hydroxylation is 4. The molecule has 0 amide bonds. The van der Waals surface area contributed by atoms with Crippen LogP contribution in [0.25, 0.3) is 0 Å². The molecule has 0 N–H and O–H groups in total. The summed E-state index contributed by atoms with van der Waals surface area (Å²) >= 11 is 0. The normalized spacial score (nSPS) is 11.0. The molecule has 0 spiro atoms. The topological polar surface area (TPSA) is 0 Å². The van der Waals surface area contributed by atoms with Crippen molar-refractivity contribution in [1.82, 2.24) is 0 Å². The summed E-state index contributed by atoms with van der Waals surface area (Å²) in [6.45, 7) is 27.8. The van der Waals surface area contributed by atoms with Crippen molar-refractivity contribution < 1.29 is 58.9 Å². The first kappa shape index (κ1) is 40.8. The minimum atomic E-state index is -2.68. The summed E-state index contributed by atoms with van der Waals surface area (Å²) in [5.41, 5.74) is 14.2. The zero-order chi connectivity index (χ0) is 28.1. The molecule has 0 aliphatic heterocycles. The second kappa shape index (κ2) is 15.7. The van der Waals surface area contributed by atoms with Gasteiger partial charge in [-0.15, -0.1) is 5.19 Å². The molecule has 4 rings (SSSR count). The van der Waals surface area contributed by atoms with E-state index >= 15 is 0 Å². The summed E-state index contributed by atoms with van der Waals surface area (Å²) < 4.78 is 0. The van der Waals surface area contributed by atoms with E-state index in [0.29, 0.717) is 11.8 Å². The summed E-state index contributed by atoms with van der Waals surface area (Å²) in [5.74, 6) is 0.950. The van der Waals surface area contributed by atoms with Crippen molar-refractivity contribution in [2.24, 2.45) is 0 Å². The molecule has 4 aromatic rings. The van der Waals surface area contributed by atoms with Crippen LogP contribution in [-0.4, -0.2) is 8.07 Å². The number of halogens is 3. The minimum Gasteiger partial charge on any atom is -1.00 e. The molecule has 5 heteroatoms. The zero-order valence-corrected chi connectivity index (χ0v) is 32.3. The van der Waals surface area contributed by atoms with Crippen molar-refractivity contribution in [3.63, 3.8) is 0 Å². The number of hydrogen-bond acceptors (Lipinski definition) is 0. The first-order chi connectivity index (χ1) is 17.8. The summed E-state index contributed by atoms with van der Waals surface area (Å²) in [7, 11) is -2.68. The molecule has 0 aliphatic carbocycles. The van der Waals surface area contributed by atoms with Gasteiger partial charge in [-0.05, 0) is 50.7 Å². The average Bonchev–Trinajstić information content (AvgIpc) is 3.01. The van der Waals surface area contributed by atoms with E-state index in [1.807, 2.05) is 0 Å². The van der Waals surface area contributed by atoms with E-state index < -0.39 is 8.07 Å². The molecule has 42 heavy (non-hydrogen) atoms. The van der Waals surface area contributed by atoms with Crippen molar-refractivity contribution in [3.05, 3.63) is 110 Å². The minimum absolute atomic E-state index is 0. The molecule has 0 aliphatic rings. The van der Waals surface area contributed by atoms with E-state index in [1.54, 1.807) is 5.19 Å². The van der Waals surface area contributed by atoms with Crippen molar-refractivity contribution >= 4 is 28.8 Å². The molecule has 0 saturated carbocycles. The van der Waals surface area contributed by atoms with Crippen LogP contribution in [0.5, 0.6) is 0 Å². The molecule has 0 unspecified atom stereocenters. The van der Waals surface area contributed by atoms with Crippen LogP contribution in [0, 0.1) is 55.4 Å². The Bertz CT molecular complexity index is 1370. The fourth-order valence-electron chi connectivity index (χ4n) is 6.66. The molecular formula is C37H47Cl3SiTi. The van der Waals surface area contributed by atoms with Gasteiger partial charge in [0.25, 0.3) is 0 Å². The van der Waals surface area contributed by atoms with Crippen molar-refractivity contribution in [3.8, 4) is 0 Å². The Kier molecular flexibility index (Phi) is 15.3. The van der Waals surface area contributed by atoms with Crippen LogP contribution in [0.15, 0.2) is 54.6 Å². The van der Waals surface area contributed by atoms with Crippen molar-refractivity contribution in [2.45, 2.75) is 94.9 Å². The van der Waals surface area contributed by atoms with E-state index in [9.17, 15) is 0 Å². The average molecular weight is 674 g/mol. The van der Waals surface area contributed by atoms with Crippen LogP contribution in [0.2, 0.25) is 0 Å². The van der Waals surface area contributed by atoms with Gasteiger partial charge in [-0.3, -0.25) is 0 Å². The van der Waals surface area contributed by atoms with Gasteiger partial charge < -0.3 is 37.2 Å². The zero-order valence-electron chi connectivity index (χ0n) is 27.5. The van der Waals surface area contributed by atoms with E-state index in [-0.39, 0.29) is 58.9 Å². The predicted molar refractivity (Wildman–Crippen MR) is 172 cm³/mol. The van der Waals surface area contributed by atoms with Gasteiger partial charge in [0, 0.05) is 0 Å². The maximum Gasteiger partial charge on any atom is 4.00 e. The summed E-state index contributed by atoms with van der Waals surface area (Å²) in [5, 5.41) is 6.13. The molecule has 0 nitrogen and oxygen atoms in total. The van der Waals surface area contributed by atoms with Crippen molar-refractivity contribution in [2.75, 3.05) is 0 Å². The second-order valence-electron chi connectivity index (χ2n) is 12.6. The Hall–Kier alpha value is -1.19. The monoisotopic (exact) mass is 672 g/mol. The van der Waals surface area contributed by atoms with E-state index in [2.05, 4.69) is 138 Å². The van der Waals surface area contributed by atoms with Gasteiger partial charge in [0.15, 0.2) is 0 Å². The maximum absolute atomic E-state index is 2.68.